The smallest absolute Gasteiger partial charge is 0.305 e. The van der Waals surface area contributed by atoms with Crippen LogP contribution < -0.4 is 5.32 Å². The molecule has 73 heavy (non-hydrogen) atoms. The van der Waals surface area contributed by atoms with E-state index in [0.717, 1.165) is 89.9 Å². The summed E-state index contributed by atoms with van der Waals surface area (Å²) in [6, 6.07) is -0.818. The van der Waals surface area contributed by atoms with Crippen molar-refractivity contribution in [2.24, 2.45) is 0 Å². The number of rotatable bonds is 54. The van der Waals surface area contributed by atoms with E-state index in [1.54, 1.807) is 6.08 Å². The fourth-order valence-corrected chi connectivity index (χ4v) is 9.84. The van der Waals surface area contributed by atoms with Crippen molar-refractivity contribution in [1.29, 1.82) is 0 Å². The van der Waals surface area contributed by atoms with Crippen molar-refractivity contribution in [2.45, 2.75) is 339 Å². The lowest BCUT2D eigenvalue weighted by Gasteiger charge is -2.40. The maximum absolute atomic E-state index is 13.0. The molecule has 1 aliphatic heterocycles. The Morgan fingerprint density at radius 2 is 0.877 bits per heavy atom. The Balaban J connectivity index is 2.00. The lowest BCUT2D eigenvalue weighted by Crippen LogP contribution is -2.60. The number of hydrogen-bond acceptors (Lipinski definition) is 10. The molecule has 0 saturated carbocycles. The van der Waals surface area contributed by atoms with Crippen molar-refractivity contribution < 1.29 is 49.3 Å². The number of hydrogen-bond donors (Lipinski definition) is 6. The molecule has 7 atom stereocenters. The third-order valence-electron chi connectivity index (χ3n) is 14.8. The third-order valence-corrected chi connectivity index (χ3v) is 14.8. The molecule has 0 radical (unpaired) electrons. The fourth-order valence-electron chi connectivity index (χ4n) is 9.84. The van der Waals surface area contributed by atoms with Crippen molar-refractivity contribution in [3.05, 3.63) is 24.3 Å². The summed E-state index contributed by atoms with van der Waals surface area (Å²) >= 11 is 0. The van der Waals surface area contributed by atoms with Gasteiger partial charge in [-0.25, -0.2) is 0 Å². The van der Waals surface area contributed by atoms with E-state index in [1.807, 2.05) is 6.08 Å². The molecule has 7 unspecified atom stereocenters. The minimum atomic E-state index is -1.57. The van der Waals surface area contributed by atoms with Crippen molar-refractivity contribution in [2.75, 3.05) is 19.8 Å². The molecule has 6 N–H and O–H groups in total. The summed E-state index contributed by atoms with van der Waals surface area (Å²) in [6.07, 6.45) is 52.9. The summed E-state index contributed by atoms with van der Waals surface area (Å²) < 4.78 is 16.7. The van der Waals surface area contributed by atoms with E-state index in [1.165, 1.54) is 180 Å². The van der Waals surface area contributed by atoms with Crippen molar-refractivity contribution in [3.8, 4) is 0 Å². The van der Waals surface area contributed by atoms with Gasteiger partial charge in [0.15, 0.2) is 6.29 Å². The lowest BCUT2D eigenvalue weighted by atomic mass is 9.99. The first-order chi connectivity index (χ1) is 35.7. The predicted molar refractivity (Wildman–Crippen MR) is 301 cm³/mol. The average Bonchev–Trinajstić information content (AvgIpc) is 3.39. The third kappa shape index (κ3) is 41.9. The molecule has 1 fully saturated rings. The zero-order chi connectivity index (χ0) is 53.1. The number of esters is 1. The van der Waals surface area contributed by atoms with Crippen molar-refractivity contribution in [3.63, 3.8) is 0 Å². The summed E-state index contributed by atoms with van der Waals surface area (Å²) in [5.74, 6) is -0.206. The fraction of sp³-hybridized carbons (Fsp3) is 0.903. The van der Waals surface area contributed by atoms with Gasteiger partial charge in [0, 0.05) is 12.8 Å². The van der Waals surface area contributed by atoms with Crippen LogP contribution in [0, 0.1) is 0 Å². The van der Waals surface area contributed by atoms with Crippen LogP contribution in [0.2, 0.25) is 0 Å². The molecule has 0 spiro atoms. The quantitative estimate of drug-likeness (QED) is 0.0195. The van der Waals surface area contributed by atoms with Gasteiger partial charge in [0.2, 0.25) is 5.91 Å². The van der Waals surface area contributed by atoms with Gasteiger partial charge in [0.05, 0.1) is 32.0 Å². The Morgan fingerprint density at radius 1 is 0.493 bits per heavy atom. The molecule has 0 aromatic carbocycles. The highest BCUT2D eigenvalue weighted by molar-refractivity contribution is 5.76. The number of aliphatic hydroxyl groups excluding tert-OH is 5. The summed E-state index contributed by atoms with van der Waals surface area (Å²) in [5.41, 5.74) is 0. The van der Waals surface area contributed by atoms with Crippen molar-refractivity contribution in [1.82, 2.24) is 5.32 Å². The standard InChI is InChI=1S/C62H117NO10/c1-3-5-7-9-11-13-14-15-16-17-21-24-27-30-34-38-42-46-50-58(67)71-51-47-43-39-35-31-28-25-22-19-18-20-23-26-29-33-37-41-45-49-57(66)63-54(55(65)48-44-40-36-32-12-10-8-6-4-2)53-72-62-61(70)60(69)59(68)56(52-64)73-62/h20,23,44,48,54-56,59-62,64-65,68-70H,3-19,21-22,24-43,45-47,49-53H2,1-2H3,(H,63,66)/b23-20-,48-44+. The van der Waals surface area contributed by atoms with Gasteiger partial charge in [-0.05, 0) is 57.8 Å². The molecule has 0 bridgehead atoms. The number of unbranched alkanes of at least 4 members (excludes halogenated alkanes) is 38. The maximum Gasteiger partial charge on any atom is 0.305 e. The minimum absolute atomic E-state index is 0.00837. The zero-order valence-corrected chi connectivity index (χ0v) is 47.4. The number of carbonyl (C=O) groups excluding carboxylic acids is 2. The van der Waals surface area contributed by atoms with Gasteiger partial charge < -0.3 is 45.1 Å². The molecule has 1 heterocycles. The van der Waals surface area contributed by atoms with E-state index >= 15 is 0 Å². The van der Waals surface area contributed by atoms with Crippen LogP contribution in [0.3, 0.4) is 0 Å². The second-order valence-electron chi connectivity index (χ2n) is 21.8. The van der Waals surface area contributed by atoms with Crippen LogP contribution in [0.5, 0.6) is 0 Å². The first-order valence-corrected chi connectivity index (χ1v) is 31.1. The molecular formula is C62H117NO10. The number of amides is 1. The summed E-state index contributed by atoms with van der Waals surface area (Å²) in [5, 5.41) is 54.2. The van der Waals surface area contributed by atoms with Crippen LogP contribution in [0.1, 0.15) is 296 Å². The Kier molecular flexibility index (Phi) is 49.5. The highest BCUT2D eigenvalue weighted by Gasteiger charge is 2.44. The molecule has 11 heteroatoms. The molecule has 11 nitrogen and oxygen atoms in total. The lowest BCUT2D eigenvalue weighted by molar-refractivity contribution is -0.302. The van der Waals surface area contributed by atoms with E-state index < -0.39 is 49.5 Å². The van der Waals surface area contributed by atoms with E-state index in [0.29, 0.717) is 19.4 Å². The number of aliphatic hydroxyl groups is 5. The predicted octanol–water partition coefficient (Wildman–Crippen LogP) is 14.5. The molecule has 430 valence electrons. The topological polar surface area (TPSA) is 175 Å². The van der Waals surface area contributed by atoms with Crippen LogP contribution in [0.15, 0.2) is 24.3 Å². The molecule has 0 aromatic heterocycles. The van der Waals surface area contributed by atoms with Crippen LogP contribution in [0.25, 0.3) is 0 Å². The van der Waals surface area contributed by atoms with Gasteiger partial charge in [-0.15, -0.1) is 0 Å². The number of ether oxygens (including phenoxy) is 3. The summed E-state index contributed by atoms with van der Waals surface area (Å²) in [6.45, 7) is 4.31. The Hall–Kier alpha value is -1.86. The molecule has 0 aliphatic carbocycles. The Labute approximate surface area is 448 Å². The second kappa shape index (κ2) is 52.2. The van der Waals surface area contributed by atoms with Gasteiger partial charge >= 0.3 is 5.97 Å². The minimum Gasteiger partial charge on any atom is -0.466 e. The van der Waals surface area contributed by atoms with E-state index in [4.69, 9.17) is 14.2 Å². The molecule has 0 aromatic rings. The summed E-state index contributed by atoms with van der Waals surface area (Å²) in [4.78, 5) is 25.1. The molecule has 1 aliphatic rings. The van der Waals surface area contributed by atoms with Crippen LogP contribution in [-0.2, 0) is 23.8 Å². The second-order valence-corrected chi connectivity index (χ2v) is 21.8. The van der Waals surface area contributed by atoms with E-state index in [9.17, 15) is 35.1 Å². The maximum atomic E-state index is 13.0. The Morgan fingerprint density at radius 3 is 1.32 bits per heavy atom. The largest absolute Gasteiger partial charge is 0.466 e. The van der Waals surface area contributed by atoms with Gasteiger partial charge in [0.1, 0.15) is 24.4 Å². The zero-order valence-electron chi connectivity index (χ0n) is 47.4. The Bertz CT molecular complexity index is 1260. The normalized spacial score (nSPS) is 19.0. The molecule has 1 saturated heterocycles. The molecular weight excluding hydrogens is 919 g/mol. The van der Waals surface area contributed by atoms with E-state index in [-0.39, 0.29) is 18.5 Å². The first kappa shape index (κ1) is 69.2. The van der Waals surface area contributed by atoms with Gasteiger partial charge in [-0.2, -0.15) is 0 Å². The van der Waals surface area contributed by atoms with Gasteiger partial charge in [0.25, 0.3) is 0 Å². The molecule has 1 amide bonds. The number of allylic oxidation sites excluding steroid dienone is 3. The molecule has 1 rings (SSSR count). The number of carbonyl (C=O) groups is 2. The van der Waals surface area contributed by atoms with Gasteiger partial charge in [-0.3, -0.25) is 9.59 Å². The first-order valence-electron chi connectivity index (χ1n) is 31.1. The monoisotopic (exact) mass is 1040 g/mol. The van der Waals surface area contributed by atoms with Gasteiger partial charge in [-0.1, -0.05) is 250 Å². The SMILES string of the molecule is CCCCCCCCC/C=C/C(O)C(COC1OC(CO)C(O)C(O)C1O)NC(=O)CCCCCCC/C=C\CCCCCCCCCCCOC(=O)CCCCCCCCCCCCCCCCCCCC. The summed E-state index contributed by atoms with van der Waals surface area (Å²) in [7, 11) is 0. The van der Waals surface area contributed by atoms with Crippen LogP contribution in [-0.4, -0.2) is 100 Å². The highest BCUT2D eigenvalue weighted by atomic mass is 16.7. The van der Waals surface area contributed by atoms with Crippen molar-refractivity contribution >= 4 is 11.9 Å². The number of nitrogens with one attached hydrogen (secondary N) is 1. The highest BCUT2D eigenvalue weighted by Crippen LogP contribution is 2.23. The van der Waals surface area contributed by atoms with E-state index in [2.05, 4.69) is 31.3 Å². The van der Waals surface area contributed by atoms with Crippen LogP contribution in [0.4, 0.5) is 0 Å². The van der Waals surface area contributed by atoms with Crippen LogP contribution >= 0.6 is 0 Å². The average molecular weight is 1040 g/mol.